The Labute approximate surface area is 76.8 Å². The van der Waals surface area contributed by atoms with E-state index in [0.29, 0.717) is 6.54 Å². The molecule has 0 amide bonds. The lowest BCUT2D eigenvalue weighted by Gasteiger charge is -2.45. The maximum Gasteiger partial charge on any atom is 0.328 e. The summed E-state index contributed by atoms with van der Waals surface area (Å²) in [6.07, 6.45) is 1.50. The zero-order chi connectivity index (χ0) is 10.0. The van der Waals surface area contributed by atoms with Crippen molar-refractivity contribution in [2.45, 2.75) is 32.1 Å². The zero-order valence-electron chi connectivity index (χ0n) is 7.77. The average Bonchev–Trinajstić information content (AvgIpc) is 1.99. The topological polar surface area (TPSA) is 40.5 Å². The van der Waals surface area contributed by atoms with Crippen LogP contribution in [-0.4, -0.2) is 40.8 Å². The van der Waals surface area contributed by atoms with Gasteiger partial charge in [-0.2, -0.15) is 0 Å². The van der Waals surface area contributed by atoms with Crippen molar-refractivity contribution in [3.8, 4) is 0 Å². The first-order valence-corrected chi connectivity index (χ1v) is 4.33. The second kappa shape index (κ2) is 3.87. The smallest absolute Gasteiger partial charge is 0.328 e. The fourth-order valence-electron chi connectivity index (χ4n) is 1.47. The Morgan fingerprint density at radius 3 is 2.69 bits per heavy atom. The molecule has 1 saturated heterocycles. The molecule has 0 saturated carbocycles. The highest BCUT2D eigenvalue weighted by atomic mass is 19.1. The SMILES string of the molecule is CC(C)N1CC(F)C1/C=C/C(=O)O. The number of hydrogen-bond acceptors (Lipinski definition) is 2. The highest BCUT2D eigenvalue weighted by Gasteiger charge is 2.38. The van der Waals surface area contributed by atoms with Crippen molar-refractivity contribution < 1.29 is 14.3 Å². The van der Waals surface area contributed by atoms with Crippen LogP contribution in [0.3, 0.4) is 0 Å². The molecule has 1 heterocycles. The van der Waals surface area contributed by atoms with Gasteiger partial charge in [0, 0.05) is 18.7 Å². The summed E-state index contributed by atoms with van der Waals surface area (Å²) in [5.41, 5.74) is 0. The minimum atomic E-state index is -1.03. The Morgan fingerprint density at radius 1 is 1.69 bits per heavy atom. The fraction of sp³-hybridized carbons (Fsp3) is 0.667. The van der Waals surface area contributed by atoms with E-state index in [1.54, 1.807) is 0 Å². The third kappa shape index (κ3) is 2.28. The van der Waals surface area contributed by atoms with Crippen molar-refractivity contribution in [3.63, 3.8) is 0 Å². The highest BCUT2D eigenvalue weighted by Crippen LogP contribution is 2.24. The first-order chi connectivity index (χ1) is 6.02. The molecule has 1 fully saturated rings. The van der Waals surface area contributed by atoms with Crippen LogP contribution in [0.2, 0.25) is 0 Å². The minimum Gasteiger partial charge on any atom is -0.478 e. The Morgan fingerprint density at radius 2 is 2.31 bits per heavy atom. The van der Waals surface area contributed by atoms with Crippen LogP contribution in [0.1, 0.15) is 13.8 Å². The summed E-state index contributed by atoms with van der Waals surface area (Å²) in [7, 11) is 0. The van der Waals surface area contributed by atoms with Crippen LogP contribution in [0.4, 0.5) is 4.39 Å². The van der Waals surface area contributed by atoms with Gasteiger partial charge in [0.1, 0.15) is 6.17 Å². The molecule has 2 unspecified atom stereocenters. The van der Waals surface area contributed by atoms with Crippen LogP contribution in [0.15, 0.2) is 12.2 Å². The van der Waals surface area contributed by atoms with Gasteiger partial charge in [-0.3, -0.25) is 4.90 Å². The van der Waals surface area contributed by atoms with Crippen molar-refractivity contribution in [2.75, 3.05) is 6.54 Å². The van der Waals surface area contributed by atoms with Crippen LogP contribution in [0.25, 0.3) is 0 Å². The number of carboxylic acids is 1. The van der Waals surface area contributed by atoms with E-state index in [-0.39, 0.29) is 12.1 Å². The summed E-state index contributed by atoms with van der Waals surface area (Å²) in [5.74, 6) is -1.03. The number of alkyl halides is 1. The molecule has 0 aromatic heterocycles. The molecule has 3 nitrogen and oxygen atoms in total. The van der Waals surface area contributed by atoms with Gasteiger partial charge in [0.2, 0.25) is 0 Å². The molecule has 1 rings (SSSR count). The molecule has 13 heavy (non-hydrogen) atoms. The van der Waals surface area contributed by atoms with E-state index in [2.05, 4.69) is 0 Å². The number of carboxylic acid groups (broad SMARTS) is 1. The van der Waals surface area contributed by atoms with Gasteiger partial charge in [-0.25, -0.2) is 9.18 Å². The first kappa shape index (κ1) is 10.2. The number of nitrogens with zero attached hydrogens (tertiary/aromatic N) is 1. The van der Waals surface area contributed by atoms with Crippen molar-refractivity contribution >= 4 is 5.97 Å². The maximum atomic E-state index is 13.0. The molecule has 1 N–H and O–H groups in total. The van der Waals surface area contributed by atoms with E-state index >= 15 is 0 Å². The second-order valence-electron chi connectivity index (χ2n) is 3.49. The summed E-state index contributed by atoms with van der Waals surface area (Å²) in [6.45, 7) is 4.34. The van der Waals surface area contributed by atoms with E-state index in [1.807, 2.05) is 18.7 Å². The lowest BCUT2D eigenvalue weighted by atomic mass is 9.98. The van der Waals surface area contributed by atoms with Gasteiger partial charge in [0.05, 0.1) is 6.04 Å². The normalized spacial score (nSPS) is 29.5. The Balaban J connectivity index is 2.52. The highest BCUT2D eigenvalue weighted by molar-refractivity contribution is 5.79. The molecule has 1 aliphatic heterocycles. The summed E-state index contributed by atoms with van der Waals surface area (Å²) in [6, 6.07) is -0.0912. The number of likely N-dealkylation sites (tertiary alicyclic amines) is 1. The van der Waals surface area contributed by atoms with Crippen molar-refractivity contribution in [1.82, 2.24) is 4.90 Å². The van der Waals surface area contributed by atoms with E-state index < -0.39 is 12.1 Å². The van der Waals surface area contributed by atoms with E-state index in [1.165, 1.54) is 6.08 Å². The maximum absolute atomic E-state index is 13.0. The Hall–Kier alpha value is -0.900. The second-order valence-corrected chi connectivity index (χ2v) is 3.49. The average molecular weight is 187 g/mol. The van der Waals surface area contributed by atoms with Gasteiger partial charge in [-0.15, -0.1) is 0 Å². The fourth-order valence-corrected chi connectivity index (χ4v) is 1.47. The molecule has 0 aromatic carbocycles. The first-order valence-electron chi connectivity index (χ1n) is 4.33. The number of aliphatic carboxylic acids is 1. The van der Waals surface area contributed by atoms with Crippen molar-refractivity contribution in [1.29, 1.82) is 0 Å². The summed E-state index contributed by atoms with van der Waals surface area (Å²) in [4.78, 5) is 12.1. The molecular weight excluding hydrogens is 173 g/mol. The molecule has 1 aliphatic rings. The molecule has 2 atom stereocenters. The molecule has 0 aromatic rings. The van der Waals surface area contributed by atoms with E-state index in [4.69, 9.17) is 5.11 Å². The zero-order valence-corrected chi connectivity index (χ0v) is 7.77. The quantitative estimate of drug-likeness (QED) is 0.671. The monoisotopic (exact) mass is 187 g/mol. The van der Waals surface area contributed by atoms with Gasteiger partial charge >= 0.3 is 5.97 Å². The molecule has 4 heteroatoms. The Bertz CT molecular complexity index is 228. The predicted molar refractivity (Wildman–Crippen MR) is 47.3 cm³/mol. The van der Waals surface area contributed by atoms with Crippen molar-refractivity contribution in [3.05, 3.63) is 12.2 Å². The van der Waals surface area contributed by atoms with Gasteiger partial charge in [-0.1, -0.05) is 6.08 Å². The number of hydrogen-bond donors (Lipinski definition) is 1. The predicted octanol–water partition coefficient (Wildman–Crippen LogP) is 1.06. The molecule has 74 valence electrons. The molecule has 0 aliphatic carbocycles. The van der Waals surface area contributed by atoms with Gasteiger partial charge in [0.15, 0.2) is 0 Å². The van der Waals surface area contributed by atoms with Crippen LogP contribution in [-0.2, 0) is 4.79 Å². The third-order valence-electron chi connectivity index (χ3n) is 2.24. The molecule has 0 spiro atoms. The lowest BCUT2D eigenvalue weighted by molar-refractivity contribution is -0.131. The summed E-state index contributed by atoms with van der Waals surface area (Å²) in [5, 5.41) is 8.37. The number of rotatable bonds is 3. The largest absolute Gasteiger partial charge is 0.478 e. The Kier molecular flexibility index (Phi) is 3.03. The van der Waals surface area contributed by atoms with Crippen LogP contribution in [0, 0.1) is 0 Å². The number of carbonyl (C=O) groups is 1. The standard InChI is InChI=1S/C9H14FNO2/c1-6(2)11-5-7(10)8(11)3-4-9(12)13/h3-4,6-8H,5H2,1-2H3,(H,12,13)/b4-3+. The van der Waals surface area contributed by atoms with E-state index in [9.17, 15) is 9.18 Å². The van der Waals surface area contributed by atoms with E-state index in [0.717, 1.165) is 6.08 Å². The molecule has 0 bridgehead atoms. The minimum absolute atomic E-state index is 0.260. The van der Waals surface area contributed by atoms with Crippen LogP contribution >= 0.6 is 0 Å². The molecule has 0 radical (unpaired) electrons. The lowest BCUT2D eigenvalue weighted by Crippen LogP contribution is -2.59. The van der Waals surface area contributed by atoms with Crippen molar-refractivity contribution in [2.24, 2.45) is 0 Å². The van der Waals surface area contributed by atoms with Crippen LogP contribution in [0.5, 0.6) is 0 Å². The molecular formula is C9H14FNO2. The summed E-state index contributed by atoms with van der Waals surface area (Å²) < 4.78 is 13.0. The van der Waals surface area contributed by atoms with Gasteiger partial charge < -0.3 is 5.11 Å². The number of halogens is 1. The summed E-state index contributed by atoms with van der Waals surface area (Å²) >= 11 is 0. The van der Waals surface area contributed by atoms with Crippen LogP contribution < -0.4 is 0 Å². The van der Waals surface area contributed by atoms with Gasteiger partial charge in [0.25, 0.3) is 0 Å². The van der Waals surface area contributed by atoms with Gasteiger partial charge in [-0.05, 0) is 13.8 Å². The third-order valence-corrected chi connectivity index (χ3v) is 2.24.